The van der Waals surface area contributed by atoms with Gasteiger partial charge < -0.3 is 37.9 Å². The van der Waals surface area contributed by atoms with Crippen LogP contribution in [0, 0.1) is 0 Å². The fourth-order valence-electron chi connectivity index (χ4n) is 9.62. The van der Waals surface area contributed by atoms with Crippen molar-refractivity contribution in [1.82, 2.24) is 0 Å². The van der Waals surface area contributed by atoms with Crippen molar-refractivity contribution in [3.8, 4) is 80.1 Å². The Balaban J connectivity index is 0.000000195. The van der Waals surface area contributed by atoms with Gasteiger partial charge >= 0.3 is 11.9 Å². The predicted molar refractivity (Wildman–Crippen MR) is 362 cm³/mol. The standard InChI is InChI=1S/C40H30O8S.C38H28O8S/c1-27(41)28-3-13-33(14-4-28)46-35-19-23-38(24-20-35)49(43,44)39-25-21-36(22-26-39)47-34-17-9-31(10-18-34)40(42)48-37-15-7-30(8-16-37)29-5-11-32(45-2)12-6-29;1-25(39)26-3-9-30(10-4-26)44-32-15-19-36(20-16-32)47(41,42)37-21-17-33(18-22-37)45-31-11-5-27(6-12-31)38(40)46-35-14-8-28-23-34(43-2)13-7-29(28)24-35/h3-26H,1-2H3;3-24H,1-2H3. The third-order valence-corrected chi connectivity index (χ3v) is 18.5. The van der Waals surface area contributed by atoms with Crippen molar-refractivity contribution in [2.24, 2.45) is 0 Å². The lowest BCUT2D eigenvalue weighted by atomic mass is 10.1. The van der Waals surface area contributed by atoms with E-state index in [1.165, 1.54) is 62.4 Å². The van der Waals surface area contributed by atoms with Gasteiger partial charge in [0.25, 0.3) is 0 Å². The lowest BCUT2D eigenvalue weighted by Crippen LogP contribution is -2.08. The van der Waals surface area contributed by atoms with Gasteiger partial charge in [-0.25, -0.2) is 26.4 Å². The first-order valence-electron chi connectivity index (χ1n) is 29.7. The summed E-state index contributed by atoms with van der Waals surface area (Å²) in [6, 6.07) is 76.6. The minimum atomic E-state index is -3.80. The molecule has 0 saturated carbocycles. The highest BCUT2D eigenvalue weighted by atomic mass is 32.2. The molecule has 0 unspecified atom stereocenters. The van der Waals surface area contributed by atoms with Crippen LogP contribution in [0.4, 0.5) is 0 Å². The van der Waals surface area contributed by atoms with Gasteiger partial charge in [-0.05, 0) is 278 Å². The Kier molecular flexibility index (Phi) is 19.9. The zero-order chi connectivity index (χ0) is 67.3. The molecule has 0 aliphatic carbocycles. The average molecular weight is 1320 g/mol. The molecular formula is C78H58O16S2. The van der Waals surface area contributed by atoms with E-state index in [-0.39, 0.29) is 31.1 Å². The molecule has 16 nitrogen and oxygen atoms in total. The van der Waals surface area contributed by atoms with Crippen molar-refractivity contribution < 1.29 is 73.9 Å². The van der Waals surface area contributed by atoms with E-state index in [0.29, 0.717) is 79.7 Å². The van der Waals surface area contributed by atoms with Crippen LogP contribution < -0.4 is 37.9 Å². The fourth-order valence-corrected chi connectivity index (χ4v) is 12.1. The molecule has 18 heteroatoms. The summed E-state index contributed by atoms with van der Waals surface area (Å²) in [6.07, 6.45) is 0. The van der Waals surface area contributed by atoms with Crippen LogP contribution in [0.1, 0.15) is 55.3 Å². The molecule has 0 atom stereocenters. The molecule has 0 aromatic heterocycles. The van der Waals surface area contributed by atoms with E-state index in [4.69, 9.17) is 37.9 Å². The van der Waals surface area contributed by atoms with Crippen LogP contribution >= 0.6 is 0 Å². The number of fused-ring (bicyclic) bond motifs is 1. The summed E-state index contributed by atoms with van der Waals surface area (Å²) in [4.78, 5) is 48.8. The molecule has 12 aromatic rings. The van der Waals surface area contributed by atoms with Crippen molar-refractivity contribution in [3.63, 3.8) is 0 Å². The Labute approximate surface area is 553 Å². The number of carbonyl (C=O) groups is 4. The molecule has 478 valence electrons. The molecule has 0 fully saturated rings. The van der Waals surface area contributed by atoms with E-state index in [9.17, 15) is 36.0 Å². The zero-order valence-corrected chi connectivity index (χ0v) is 53.5. The third-order valence-electron chi connectivity index (χ3n) is 14.9. The number of sulfone groups is 2. The second-order valence-corrected chi connectivity index (χ2v) is 25.3. The number of hydrogen-bond donors (Lipinski definition) is 0. The topological polar surface area (TPSA) is 210 Å². The van der Waals surface area contributed by atoms with E-state index in [2.05, 4.69) is 0 Å². The number of esters is 2. The summed E-state index contributed by atoms with van der Waals surface area (Å²) >= 11 is 0. The largest absolute Gasteiger partial charge is 0.497 e. The van der Waals surface area contributed by atoms with Gasteiger partial charge in [0.1, 0.15) is 69.0 Å². The maximum atomic E-state index is 13.2. The van der Waals surface area contributed by atoms with Crippen molar-refractivity contribution in [3.05, 3.63) is 301 Å². The molecule has 0 spiro atoms. The van der Waals surface area contributed by atoms with Crippen LogP contribution in [-0.4, -0.2) is 54.6 Å². The average Bonchev–Trinajstić information content (AvgIpc) is 0.871. The number of Topliss-reactive ketones (excluding diaryl/α,β-unsaturated/α-hetero) is 2. The quantitative estimate of drug-likeness (QED) is 0.0372. The van der Waals surface area contributed by atoms with Crippen molar-refractivity contribution >= 4 is 54.0 Å². The van der Waals surface area contributed by atoms with Crippen LogP contribution in [0.5, 0.6) is 69.0 Å². The molecule has 0 radical (unpaired) electrons. The Morgan fingerprint density at radius 3 is 0.771 bits per heavy atom. The van der Waals surface area contributed by atoms with Crippen molar-refractivity contribution in [1.29, 1.82) is 0 Å². The van der Waals surface area contributed by atoms with E-state index < -0.39 is 31.6 Å². The highest BCUT2D eigenvalue weighted by Crippen LogP contribution is 2.33. The molecule has 0 aliphatic heterocycles. The summed E-state index contributed by atoms with van der Waals surface area (Å²) in [5.74, 6) is 4.98. The first kappa shape index (κ1) is 65.4. The summed E-state index contributed by atoms with van der Waals surface area (Å²) in [6.45, 7) is 2.98. The molecule has 0 amide bonds. The Hall–Kier alpha value is -12.1. The lowest BCUT2D eigenvalue weighted by Gasteiger charge is -2.10. The van der Waals surface area contributed by atoms with Gasteiger partial charge in [-0.1, -0.05) is 36.4 Å². The van der Waals surface area contributed by atoms with E-state index in [1.54, 1.807) is 184 Å². The number of hydrogen-bond acceptors (Lipinski definition) is 16. The maximum absolute atomic E-state index is 13.2. The smallest absolute Gasteiger partial charge is 0.343 e. The maximum Gasteiger partial charge on any atom is 0.343 e. The SMILES string of the molecule is COc1ccc(-c2ccc(OC(=O)c3ccc(Oc4ccc(S(=O)(=O)c5ccc(Oc6ccc(C(C)=O)cc6)cc5)cc4)cc3)cc2)cc1.COc1ccc2cc(OC(=O)c3ccc(Oc4ccc(S(=O)(=O)c5ccc(Oc6ccc(C(C)=O)cc6)cc5)cc4)cc3)ccc2c1. The number of ether oxygens (including phenoxy) is 8. The fraction of sp³-hybridized carbons (Fsp3) is 0.0513. The van der Waals surface area contributed by atoms with Crippen LogP contribution in [-0.2, 0) is 19.7 Å². The van der Waals surface area contributed by atoms with Crippen molar-refractivity contribution in [2.75, 3.05) is 14.2 Å². The molecule has 0 N–H and O–H groups in total. The van der Waals surface area contributed by atoms with Gasteiger partial charge in [0, 0.05) is 11.1 Å². The Morgan fingerprint density at radius 1 is 0.250 bits per heavy atom. The van der Waals surface area contributed by atoms with Crippen LogP contribution in [0.3, 0.4) is 0 Å². The number of ketones is 2. The first-order chi connectivity index (χ1) is 46.3. The second kappa shape index (κ2) is 29.2. The highest BCUT2D eigenvalue weighted by molar-refractivity contribution is 7.91. The van der Waals surface area contributed by atoms with Gasteiger partial charge in [-0.3, -0.25) is 9.59 Å². The van der Waals surface area contributed by atoms with Gasteiger partial charge in [0.2, 0.25) is 19.7 Å². The monoisotopic (exact) mass is 1310 g/mol. The van der Waals surface area contributed by atoms with Crippen molar-refractivity contribution in [2.45, 2.75) is 33.4 Å². The molecule has 0 saturated heterocycles. The molecule has 12 aromatic carbocycles. The van der Waals surface area contributed by atoms with Gasteiger partial charge in [-0.2, -0.15) is 0 Å². The van der Waals surface area contributed by atoms with Crippen LogP contribution in [0.15, 0.2) is 299 Å². The lowest BCUT2D eigenvalue weighted by molar-refractivity contribution is 0.0725. The number of methoxy groups -OCH3 is 2. The Bertz CT molecular complexity index is 4990. The molecule has 0 heterocycles. The first-order valence-corrected chi connectivity index (χ1v) is 32.6. The summed E-state index contributed by atoms with van der Waals surface area (Å²) in [7, 11) is -4.36. The van der Waals surface area contributed by atoms with E-state index in [0.717, 1.165) is 33.4 Å². The number of rotatable bonds is 21. The highest BCUT2D eigenvalue weighted by Gasteiger charge is 2.21. The zero-order valence-electron chi connectivity index (χ0n) is 51.9. The summed E-state index contributed by atoms with van der Waals surface area (Å²) in [5.41, 5.74) is 3.82. The molecular weight excluding hydrogens is 1260 g/mol. The molecule has 0 aliphatic rings. The summed E-state index contributed by atoms with van der Waals surface area (Å²) in [5, 5.41) is 1.88. The van der Waals surface area contributed by atoms with Crippen LogP contribution in [0.25, 0.3) is 21.9 Å². The van der Waals surface area contributed by atoms with E-state index in [1.807, 2.05) is 60.7 Å². The minimum Gasteiger partial charge on any atom is -0.497 e. The van der Waals surface area contributed by atoms with Gasteiger partial charge in [0.15, 0.2) is 11.6 Å². The predicted octanol–water partition coefficient (Wildman–Crippen LogP) is 17.9. The molecule has 12 rings (SSSR count). The normalized spacial score (nSPS) is 11.0. The van der Waals surface area contributed by atoms with E-state index >= 15 is 0 Å². The minimum absolute atomic E-state index is 0.0421. The Morgan fingerprint density at radius 2 is 0.479 bits per heavy atom. The van der Waals surface area contributed by atoms with Crippen LogP contribution in [0.2, 0.25) is 0 Å². The number of benzene rings is 12. The molecule has 96 heavy (non-hydrogen) atoms. The number of carbonyl (C=O) groups excluding carboxylic acids is 4. The van der Waals surface area contributed by atoms with Gasteiger partial charge in [-0.15, -0.1) is 0 Å². The van der Waals surface area contributed by atoms with Gasteiger partial charge in [0.05, 0.1) is 44.9 Å². The second-order valence-electron chi connectivity index (χ2n) is 21.4. The molecule has 0 bridgehead atoms. The third kappa shape index (κ3) is 16.2. The summed E-state index contributed by atoms with van der Waals surface area (Å²) < 4.78 is 97.8.